The molecule has 0 saturated carbocycles. The highest BCUT2D eigenvalue weighted by atomic mass is 19.2. The first-order chi connectivity index (χ1) is 13.9. The molecule has 0 unspecified atom stereocenters. The number of rotatable bonds is 4. The average Bonchev–Trinajstić information content (AvgIpc) is 2.75. The minimum Gasteiger partial charge on any atom is -0.483 e. The van der Waals surface area contributed by atoms with Crippen molar-refractivity contribution < 1.29 is 31.4 Å². The number of hydrogen-bond acceptors (Lipinski definition) is 4. The van der Waals surface area contributed by atoms with Gasteiger partial charge in [0.05, 0.1) is 14.2 Å². The van der Waals surface area contributed by atoms with Gasteiger partial charge in [0.1, 0.15) is 12.1 Å². The Labute approximate surface area is 163 Å². The van der Waals surface area contributed by atoms with E-state index in [1.165, 1.54) is 14.2 Å². The van der Waals surface area contributed by atoms with E-state index in [1.807, 2.05) is 30.3 Å². The molecular formula is C20H17F5N2O2. The molecule has 0 spiro atoms. The van der Waals surface area contributed by atoms with Crippen molar-refractivity contribution in [1.82, 2.24) is 0 Å². The summed E-state index contributed by atoms with van der Waals surface area (Å²) in [6, 6.07) is 7.69. The normalized spacial score (nSPS) is 18.9. The van der Waals surface area contributed by atoms with Gasteiger partial charge < -0.3 is 9.47 Å². The van der Waals surface area contributed by atoms with Crippen molar-refractivity contribution in [3.8, 4) is 0 Å². The van der Waals surface area contributed by atoms with Crippen LogP contribution in [0.5, 0.6) is 0 Å². The maximum absolute atomic E-state index is 14.1. The lowest BCUT2D eigenvalue weighted by atomic mass is 10.0. The second kappa shape index (κ2) is 8.59. The SMILES string of the molecule is COC1=N[C@H](Cc2c(F)c(F)c(F)c(F)c2F)C(OC)=N[C@H]1Cc1ccccc1. The van der Waals surface area contributed by atoms with Gasteiger partial charge in [-0.25, -0.2) is 31.9 Å². The van der Waals surface area contributed by atoms with E-state index >= 15 is 0 Å². The Bertz CT molecular complexity index is 934. The first-order valence-corrected chi connectivity index (χ1v) is 8.64. The lowest BCUT2D eigenvalue weighted by Crippen LogP contribution is -2.37. The third-order valence-corrected chi connectivity index (χ3v) is 4.52. The molecule has 1 heterocycles. The molecule has 0 aromatic heterocycles. The van der Waals surface area contributed by atoms with Crippen molar-refractivity contribution in [1.29, 1.82) is 0 Å². The Kier molecular flexibility index (Phi) is 6.14. The van der Waals surface area contributed by atoms with Crippen molar-refractivity contribution in [2.24, 2.45) is 9.98 Å². The quantitative estimate of drug-likeness (QED) is 0.433. The zero-order valence-corrected chi connectivity index (χ0v) is 15.6. The van der Waals surface area contributed by atoms with Crippen molar-refractivity contribution in [2.75, 3.05) is 14.2 Å². The number of nitrogens with zero attached hydrogens (tertiary/aromatic N) is 2. The topological polar surface area (TPSA) is 43.2 Å². The molecule has 0 aliphatic carbocycles. The highest BCUT2D eigenvalue weighted by molar-refractivity contribution is 5.94. The number of benzene rings is 2. The molecule has 0 N–H and O–H groups in total. The standard InChI is InChI=1S/C20H17F5N2O2/c1-28-19-12(8-10-6-4-3-5-7-10)26-20(29-2)13(27-19)9-11-14(21)16(23)18(25)17(24)15(11)22/h3-7,12-13H,8-9H2,1-2H3/t12-,13+/m0/s1. The van der Waals surface area contributed by atoms with E-state index in [1.54, 1.807) is 0 Å². The van der Waals surface area contributed by atoms with Crippen LogP contribution in [0.2, 0.25) is 0 Å². The minimum atomic E-state index is -2.21. The summed E-state index contributed by atoms with van der Waals surface area (Å²) in [6.07, 6.45) is -0.209. The number of halogens is 5. The van der Waals surface area contributed by atoms with E-state index in [0.717, 1.165) is 5.56 Å². The van der Waals surface area contributed by atoms with Gasteiger partial charge in [-0.3, -0.25) is 0 Å². The largest absolute Gasteiger partial charge is 0.483 e. The number of methoxy groups -OCH3 is 2. The van der Waals surface area contributed by atoms with Crippen LogP contribution in [-0.2, 0) is 22.3 Å². The molecule has 0 bridgehead atoms. The molecule has 2 aromatic carbocycles. The maximum Gasteiger partial charge on any atom is 0.209 e. The van der Waals surface area contributed by atoms with Gasteiger partial charge in [-0.1, -0.05) is 30.3 Å². The fourth-order valence-corrected chi connectivity index (χ4v) is 3.09. The molecule has 4 nitrogen and oxygen atoms in total. The van der Waals surface area contributed by atoms with Crippen molar-refractivity contribution in [3.05, 3.63) is 70.5 Å². The Morgan fingerprint density at radius 2 is 1.14 bits per heavy atom. The van der Waals surface area contributed by atoms with Gasteiger partial charge in [0.2, 0.25) is 17.6 Å². The smallest absolute Gasteiger partial charge is 0.209 e. The van der Waals surface area contributed by atoms with Gasteiger partial charge in [0, 0.05) is 18.4 Å². The lowest BCUT2D eigenvalue weighted by Gasteiger charge is -2.25. The number of ether oxygens (including phenoxy) is 2. The third kappa shape index (κ3) is 4.08. The molecule has 0 fully saturated rings. The molecule has 3 rings (SSSR count). The van der Waals surface area contributed by atoms with Gasteiger partial charge in [0.15, 0.2) is 23.3 Å². The summed E-state index contributed by atoms with van der Waals surface area (Å²) in [6.45, 7) is 0. The van der Waals surface area contributed by atoms with Crippen molar-refractivity contribution >= 4 is 11.8 Å². The maximum atomic E-state index is 14.1. The summed E-state index contributed by atoms with van der Waals surface area (Å²) in [5, 5.41) is 0. The zero-order valence-electron chi connectivity index (χ0n) is 15.6. The predicted octanol–water partition coefficient (Wildman–Crippen LogP) is 4.01. The average molecular weight is 412 g/mol. The fraction of sp³-hybridized carbons (Fsp3) is 0.300. The van der Waals surface area contributed by atoms with E-state index in [0.29, 0.717) is 6.42 Å². The summed E-state index contributed by atoms with van der Waals surface area (Å²) >= 11 is 0. The van der Waals surface area contributed by atoms with E-state index in [2.05, 4.69) is 9.98 Å². The van der Waals surface area contributed by atoms with E-state index in [9.17, 15) is 22.0 Å². The number of aliphatic imine (C=N–C) groups is 2. The Morgan fingerprint density at radius 1 is 0.690 bits per heavy atom. The summed E-state index contributed by atoms with van der Waals surface area (Å²) in [5.41, 5.74) is -0.0449. The van der Waals surface area contributed by atoms with Crippen molar-refractivity contribution in [2.45, 2.75) is 24.9 Å². The first-order valence-electron chi connectivity index (χ1n) is 8.64. The Balaban J connectivity index is 1.93. The monoisotopic (exact) mass is 412 g/mol. The van der Waals surface area contributed by atoms with Crippen LogP contribution >= 0.6 is 0 Å². The van der Waals surface area contributed by atoms with Crippen LogP contribution in [-0.4, -0.2) is 38.1 Å². The number of hydrogen-bond donors (Lipinski definition) is 0. The Morgan fingerprint density at radius 3 is 1.62 bits per heavy atom. The summed E-state index contributed by atoms with van der Waals surface area (Å²) in [5.74, 6) is -9.86. The van der Waals surface area contributed by atoms with E-state index < -0.39 is 53.2 Å². The van der Waals surface area contributed by atoms with Gasteiger partial charge in [-0.2, -0.15) is 0 Å². The highest BCUT2D eigenvalue weighted by Crippen LogP contribution is 2.26. The molecule has 154 valence electrons. The zero-order chi connectivity index (χ0) is 21.1. The minimum absolute atomic E-state index is 0.00988. The third-order valence-electron chi connectivity index (χ3n) is 4.52. The van der Waals surface area contributed by atoms with Crippen LogP contribution in [0.15, 0.2) is 40.3 Å². The van der Waals surface area contributed by atoms with Crippen LogP contribution in [0.1, 0.15) is 11.1 Å². The molecule has 0 amide bonds. The van der Waals surface area contributed by atoms with Crippen LogP contribution in [0.3, 0.4) is 0 Å². The molecule has 0 saturated heterocycles. The van der Waals surface area contributed by atoms with E-state index in [4.69, 9.17) is 9.47 Å². The molecule has 29 heavy (non-hydrogen) atoms. The van der Waals surface area contributed by atoms with E-state index in [-0.39, 0.29) is 11.8 Å². The predicted molar refractivity (Wildman–Crippen MR) is 96.5 cm³/mol. The van der Waals surface area contributed by atoms with Crippen LogP contribution in [0, 0.1) is 29.1 Å². The molecule has 2 atom stereocenters. The molecule has 1 aliphatic heterocycles. The van der Waals surface area contributed by atoms with Crippen LogP contribution < -0.4 is 0 Å². The second-order valence-electron chi connectivity index (χ2n) is 6.32. The first kappa shape index (κ1) is 20.8. The summed E-state index contributed by atoms with van der Waals surface area (Å²) in [7, 11) is 2.65. The van der Waals surface area contributed by atoms with Gasteiger partial charge in [0.25, 0.3) is 0 Å². The second-order valence-corrected chi connectivity index (χ2v) is 6.32. The van der Waals surface area contributed by atoms with Crippen molar-refractivity contribution in [3.63, 3.8) is 0 Å². The summed E-state index contributed by atoms with van der Waals surface area (Å²) in [4.78, 5) is 8.64. The summed E-state index contributed by atoms with van der Waals surface area (Å²) < 4.78 is 78.8. The fourth-order valence-electron chi connectivity index (χ4n) is 3.09. The molecule has 0 radical (unpaired) electrons. The molecular weight excluding hydrogens is 395 g/mol. The Hall–Kier alpha value is -2.97. The molecule has 1 aliphatic rings. The van der Waals surface area contributed by atoms with Gasteiger partial charge in [-0.15, -0.1) is 0 Å². The van der Waals surface area contributed by atoms with Crippen LogP contribution in [0.25, 0.3) is 0 Å². The lowest BCUT2D eigenvalue weighted by molar-refractivity contribution is 0.341. The van der Waals surface area contributed by atoms with Crippen LogP contribution in [0.4, 0.5) is 22.0 Å². The van der Waals surface area contributed by atoms with Gasteiger partial charge in [-0.05, 0) is 5.56 Å². The molecule has 2 aromatic rings. The molecule has 9 heteroatoms. The van der Waals surface area contributed by atoms with Gasteiger partial charge >= 0.3 is 0 Å². The highest BCUT2D eigenvalue weighted by Gasteiger charge is 2.33.